The van der Waals surface area contributed by atoms with E-state index in [2.05, 4.69) is 15.5 Å². The molecule has 6 nitrogen and oxygen atoms in total. The molecule has 0 bridgehead atoms. The lowest BCUT2D eigenvalue weighted by Crippen LogP contribution is -2.12. The second kappa shape index (κ2) is 5.46. The number of benzene rings is 2. The third kappa shape index (κ3) is 2.89. The molecule has 0 aliphatic rings. The molecule has 0 fully saturated rings. The summed E-state index contributed by atoms with van der Waals surface area (Å²) in [6.45, 7) is 0. The molecule has 0 aliphatic carbocycles. The maximum Gasteiger partial charge on any atom is 0.255 e. The number of anilines is 2. The van der Waals surface area contributed by atoms with E-state index in [0.29, 0.717) is 22.8 Å². The van der Waals surface area contributed by atoms with Gasteiger partial charge in [0, 0.05) is 22.5 Å². The molecule has 3 aromatic rings. The standard InChI is InChI=1S/C15H12N4O2/c16-12-5-1-3-10(7-12)14(20)18-13-6-2-4-11(8-13)15-19-17-9-21-15/h1-9H,16H2,(H,18,20). The predicted molar refractivity (Wildman–Crippen MR) is 78.5 cm³/mol. The zero-order chi connectivity index (χ0) is 14.7. The van der Waals surface area contributed by atoms with Crippen LogP contribution in [-0.2, 0) is 0 Å². The molecule has 0 unspecified atom stereocenters. The molecule has 0 saturated heterocycles. The Balaban J connectivity index is 1.82. The fraction of sp³-hybridized carbons (Fsp3) is 0. The molecule has 21 heavy (non-hydrogen) atoms. The summed E-state index contributed by atoms with van der Waals surface area (Å²) >= 11 is 0. The van der Waals surface area contributed by atoms with E-state index >= 15 is 0 Å². The molecule has 2 aromatic carbocycles. The lowest BCUT2D eigenvalue weighted by atomic mass is 10.1. The SMILES string of the molecule is Nc1cccc(C(=O)Nc2cccc(-c3nnco3)c2)c1. The van der Waals surface area contributed by atoms with E-state index < -0.39 is 0 Å². The van der Waals surface area contributed by atoms with Gasteiger partial charge in [0.25, 0.3) is 5.91 Å². The molecular formula is C15H12N4O2. The first kappa shape index (κ1) is 12.9. The zero-order valence-electron chi connectivity index (χ0n) is 11.0. The van der Waals surface area contributed by atoms with Gasteiger partial charge < -0.3 is 15.5 Å². The summed E-state index contributed by atoms with van der Waals surface area (Å²) in [6, 6.07) is 14.0. The Morgan fingerprint density at radius 2 is 2.00 bits per heavy atom. The van der Waals surface area contributed by atoms with Crippen molar-refractivity contribution < 1.29 is 9.21 Å². The first-order valence-corrected chi connectivity index (χ1v) is 6.26. The fourth-order valence-electron chi connectivity index (χ4n) is 1.91. The molecule has 0 saturated carbocycles. The number of rotatable bonds is 3. The monoisotopic (exact) mass is 280 g/mol. The molecular weight excluding hydrogens is 268 g/mol. The predicted octanol–water partition coefficient (Wildman–Crippen LogP) is 2.57. The number of nitrogen functional groups attached to an aromatic ring is 1. The van der Waals surface area contributed by atoms with Gasteiger partial charge in [-0.2, -0.15) is 0 Å². The summed E-state index contributed by atoms with van der Waals surface area (Å²) in [5.41, 5.74) is 8.08. The van der Waals surface area contributed by atoms with Crippen LogP contribution in [-0.4, -0.2) is 16.1 Å². The third-order valence-electron chi connectivity index (χ3n) is 2.88. The third-order valence-corrected chi connectivity index (χ3v) is 2.88. The van der Waals surface area contributed by atoms with Crippen LogP contribution in [0.25, 0.3) is 11.5 Å². The van der Waals surface area contributed by atoms with E-state index in [-0.39, 0.29) is 5.91 Å². The molecule has 3 rings (SSSR count). The van der Waals surface area contributed by atoms with Gasteiger partial charge in [0.05, 0.1) is 0 Å². The van der Waals surface area contributed by atoms with Crippen LogP contribution in [0.1, 0.15) is 10.4 Å². The molecule has 104 valence electrons. The Kier molecular flexibility index (Phi) is 3.34. The highest BCUT2D eigenvalue weighted by Gasteiger charge is 2.08. The summed E-state index contributed by atoms with van der Waals surface area (Å²) in [4.78, 5) is 12.1. The van der Waals surface area contributed by atoms with Crippen LogP contribution < -0.4 is 11.1 Å². The number of hydrogen-bond acceptors (Lipinski definition) is 5. The minimum atomic E-state index is -0.232. The Morgan fingerprint density at radius 3 is 2.76 bits per heavy atom. The van der Waals surface area contributed by atoms with Crippen molar-refractivity contribution in [3.05, 3.63) is 60.5 Å². The van der Waals surface area contributed by atoms with E-state index in [0.717, 1.165) is 5.56 Å². The topological polar surface area (TPSA) is 94.0 Å². The average Bonchev–Trinajstić information content (AvgIpc) is 3.02. The van der Waals surface area contributed by atoms with Crippen molar-refractivity contribution in [2.75, 3.05) is 11.1 Å². The van der Waals surface area contributed by atoms with Crippen molar-refractivity contribution in [2.45, 2.75) is 0 Å². The van der Waals surface area contributed by atoms with E-state index in [9.17, 15) is 4.79 Å². The molecule has 0 aliphatic heterocycles. The number of aromatic nitrogens is 2. The van der Waals surface area contributed by atoms with Crippen LogP contribution in [0.3, 0.4) is 0 Å². The van der Waals surface area contributed by atoms with Crippen molar-refractivity contribution in [3.63, 3.8) is 0 Å². The summed E-state index contributed by atoms with van der Waals surface area (Å²) < 4.78 is 5.13. The largest absolute Gasteiger partial charge is 0.423 e. The van der Waals surface area contributed by atoms with Gasteiger partial charge in [-0.1, -0.05) is 12.1 Å². The molecule has 0 radical (unpaired) electrons. The quantitative estimate of drug-likeness (QED) is 0.719. The number of nitrogens with two attached hydrogens (primary N) is 1. The van der Waals surface area contributed by atoms with E-state index in [1.807, 2.05) is 6.07 Å². The minimum Gasteiger partial charge on any atom is -0.423 e. The highest BCUT2D eigenvalue weighted by Crippen LogP contribution is 2.21. The van der Waals surface area contributed by atoms with Crippen molar-refractivity contribution >= 4 is 17.3 Å². The number of nitrogens with one attached hydrogen (secondary N) is 1. The van der Waals surface area contributed by atoms with Gasteiger partial charge in [0.2, 0.25) is 12.3 Å². The van der Waals surface area contributed by atoms with Gasteiger partial charge >= 0.3 is 0 Å². The van der Waals surface area contributed by atoms with Crippen LogP contribution in [0.4, 0.5) is 11.4 Å². The highest BCUT2D eigenvalue weighted by molar-refractivity contribution is 6.04. The van der Waals surface area contributed by atoms with Crippen molar-refractivity contribution in [3.8, 4) is 11.5 Å². The van der Waals surface area contributed by atoms with Crippen LogP contribution in [0, 0.1) is 0 Å². The van der Waals surface area contributed by atoms with Gasteiger partial charge in [-0.05, 0) is 36.4 Å². The van der Waals surface area contributed by atoms with Crippen LogP contribution in [0.2, 0.25) is 0 Å². The second-order valence-corrected chi connectivity index (χ2v) is 4.40. The van der Waals surface area contributed by atoms with Gasteiger partial charge in [-0.3, -0.25) is 4.79 Å². The number of carbonyl (C=O) groups is 1. The molecule has 0 atom stereocenters. The first-order chi connectivity index (χ1) is 10.2. The van der Waals surface area contributed by atoms with Gasteiger partial charge in [-0.25, -0.2) is 0 Å². The van der Waals surface area contributed by atoms with Crippen LogP contribution in [0.5, 0.6) is 0 Å². The first-order valence-electron chi connectivity index (χ1n) is 6.26. The molecule has 1 aromatic heterocycles. The number of nitrogens with zero attached hydrogens (tertiary/aromatic N) is 2. The highest BCUT2D eigenvalue weighted by atomic mass is 16.4. The Hall–Kier alpha value is -3.15. The van der Waals surface area contributed by atoms with Crippen molar-refractivity contribution in [1.29, 1.82) is 0 Å². The summed E-state index contributed by atoms with van der Waals surface area (Å²) in [7, 11) is 0. The lowest BCUT2D eigenvalue weighted by Gasteiger charge is -2.06. The summed E-state index contributed by atoms with van der Waals surface area (Å²) in [5, 5.41) is 10.3. The van der Waals surface area contributed by atoms with Crippen LogP contribution in [0.15, 0.2) is 59.3 Å². The zero-order valence-corrected chi connectivity index (χ0v) is 11.0. The van der Waals surface area contributed by atoms with Gasteiger partial charge in [0.1, 0.15) is 0 Å². The van der Waals surface area contributed by atoms with E-state index in [1.165, 1.54) is 6.39 Å². The summed E-state index contributed by atoms with van der Waals surface area (Å²) in [6.07, 6.45) is 1.26. The van der Waals surface area contributed by atoms with Gasteiger partial charge in [0.15, 0.2) is 0 Å². The van der Waals surface area contributed by atoms with E-state index in [4.69, 9.17) is 10.2 Å². The molecule has 1 heterocycles. The van der Waals surface area contributed by atoms with E-state index in [1.54, 1.807) is 42.5 Å². The normalized spacial score (nSPS) is 10.3. The van der Waals surface area contributed by atoms with Crippen molar-refractivity contribution in [2.24, 2.45) is 0 Å². The number of hydrogen-bond donors (Lipinski definition) is 2. The molecule has 1 amide bonds. The maximum absolute atomic E-state index is 12.1. The van der Waals surface area contributed by atoms with Crippen molar-refractivity contribution in [1.82, 2.24) is 10.2 Å². The minimum absolute atomic E-state index is 0.232. The summed E-state index contributed by atoms with van der Waals surface area (Å²) in [5.74, 6) is 0.167. The smallest absolute Gasteiger partial charge is 0.255 e. The number of amides is 1. The maximum atomic E-state index is 12.1. The second-order valence-electron chi connectivity index (χ2n) is 4.40. The van der Waals surface area contributed by atoms with Gasteiger partial charge in [-0.15, -0.1) is 10.2 Å². The van der Waals surface area contributed by atoms with Crippen LogP contribution >= 0.6 is 0 Å². The molecule has 3 N–H and O–H groups in total. The average molecular weight is 280 g/mol. The Morgan fingerprint density at radius 1 is 1.14 bits per heavy atom. The molecule has 6 heteroatoms. The fourth-order valence-corrected chi connectivity index (χ4v) is 1.91. The molecule has 0 spiro atoms. The lowest BCUT2D eigenvalue weighted by molar-refractivity contribution is 0.102. The Labute approximate surface area is 120 Å². The Bertz CT molecular complexity index is 769. The number of carbonyl (C=O) groups excluding carboxylic acids is 1.